The van der Waals surface area contributed by atoms with Crippen LogP contribution in [0.5, 0.6) is 0 Å². The van der Waals surface area contributed by atoms with Crippen LogP contribution in [0.2, 0.25) is 0 Å². The fraction of sp³-hybridized carbons (Fsp3) is 0.500. The Bertz CT molecular complexity index is 913. The molecule has 3 atom stereocenters. The van der Waals surface area contributed by atoms with E-state index in [-0.39, 0.29) is 24.3 Å². The van der Waals surface area contributed by atoms with Crippen LogP contribution in [0.3, 0.4) is 0 Å². The van der Waals surface area contributed by atoms with Gasteiger partial charge in [0, 0.05) is 24.5 Å². The summed E-state index contributed by atoms with van der Waals surface area (Å²) in [6.45, 7) is 1.70. The molecule has 3 heterocycles. The zero-order chi connectivity index (χ0) is 19.5. The molecule has 0 spiro atoms. The van der Waals surface area contributed by atoms with Gasteiger partial charge in [-0.05, 0) is 49.9 Å². The monoisotopic (exact) mass is 382 g/mol. The predicted octanol–water partition coefficient (Wildman–Crippen LogP) is 0.0719. The number of benzene rings is 1. The Morgan fingerprint density at radius 2 is 1.96 bits per heavy atom. The number of nitrogens with one attached hydrogen (secondary N) is 3. The summed E-state index contributed by atoms with van der Waals surface area (Å²) in [6, 6.07) is 4.88. The van der Waals surface area contributed by atoms with Crippen molar-refractivity contribution in [2.75, 3.05) is 6.54 Å². The number of hydrogen-bond donors (Lipinski definition) is 3. The Kier molecular flexibility index (Phi) is 3.89. The third-order valence-corrected chi connectivity index (χ3v) is 6.41. The quantitative estimate of drug-likeness (QED) is 0.637. The van der Waals surface area contributed by atoms with E-state index in [2.05, 4.69) is 16.0 Å². The number of fused-ring (bicyclic) bond motifs is 2. The average molecular weight is 382 g/mol. The summed E-state index contributed by atoms with van der Waals surface area (Å²) >= 11 is 0. The van der Waals surface area contributed by atoms with E-state index in [0.717, 1.165) is 36.3 Å². The fourth-order valence-corrected chi connectivity index (χ4v) is 4.72. The van der Waals surface area contributed by atoms with Gasteiger partial charge >= 0.3 is 0 Å². The van der Waals surface area contributed by atoms with Crippen molar-refractivity contribution < 1.29 is 19.2 Å². The van der Waals surface area contributed by atoms with Gasteiger partial charge < -0.3 is 10.6 Å². The molecule has 3 aliphatic heterocycles. The molecule has 4 aliphatic rings. The summed E-state index contributed by atoms with van der Waals surface area (Å²) in [5.74, 6) is -1.89. The van der Waals surface area contributed by atoms with Crippen molar-refractivity contribution in [1.29, 1.82) is 0 Å². The van der Waals surface area contributed by atoms with Gasteiger partial charge in [-0.1, -0.05) is 6.07 Å². The van der Waals surface area contributed by atoms with E-state index in [1.165, 1.54) is 0 Å². The largest absolute Gasteiger partial charge is 0.312 e. The van der Waals surface area contributed by atoms with Crippen LogP contribution in [0.15, 0.2) is 18.2 Å². The zero-order valence-corrected chi connectivity index (χ0v) is 15.4. The molecule has 0 aromatic heterocycles. The van der Waals surface area contributed by atoms with Gasteiger partial charge in [-0.2, -0.15) is 0 Å². The summed E-state index contributed by atoms with van der Waals surface area (Å²) in [5.41, 5.74) is 1.76. The predicted molar refractivity (Wildman–Crippen MR) is 98.3 cm³/mol. The molecule has 0 radical (unpaired) electrons. The van der Waals surface area contributed by atoms with Gasteiger partial charge in [-0.25, -0.2) is 0 Å². The minimum absolute atomic E-state index is 0.121. The van der Waals surface area contributed by atoms with Gasteiger partial charge in [-0.3, -0.25) is 29.4 Å². The van der Waals surface area contributed by atoms with E-state index in [4.69, 9.17) is 0 Å². The molecule has 1 aromatic carbocycles. The molecule has 3 N–H and O–H groups in total. The van der Waals surface area contributed by atoms with E-state index in [9.17, 15) is 19.2 Å². The van der Waals surface area contributed by atoms with Gasteiger partial charge in [0.2, 0.25) is 11.8 Å². The maximum Gasteiger partial charge on any atom is 0.262 e. The number of carbonyl (C=O) groups is 4. The summed E-state index contributed by atoms with van der Waals surface area (Å²) in [4.78, 5) is 50.1. The van der Waals surface area contributed by atoms with Crippen LogP contribution in [-0.2, 0) is 16.1 Å². The Morgan fingerprint density at radius 1 is 1.14 bits per heavy atom. The second-order valence-corrected chi connectivity index (χ2v) is 8.15. The van der Waals surface area contributed by atoms with Gasteiger partial charge in [-0.15, -0.1) is 0 Å². The lowest BCUT2D eigenvalue weighted by Crippen LogP contribution is -2.54. The van der Waals surface area contributed by atoms with Crippen molar-refractivity contribution in [3.63, 3.8) is 0 Å². The van der Waals surface area contributed by atoms with Gasteiger partial charge in [0.15, 0.2) is 0 Å². The molecule has 2 saturated heterocycles. The molecule has 8 nitrogen and oxygen atoms in total. The first-order chi connectivity index (χ1) is 13.5. The Balaban J connectivity index is 1.33. The molecule has 8 heteroatoms. The van der Waals surface area contributed by atoms with Crippen LogP contribution in [0, 0.1) is 0 Å². The molecule has 4 amide bonds. The summed E-state index contributed by atoms with van der Waals surface area (Å²) < 4.78 is 0. The maximum atomic E-state index is 12.9. The summed E-state index contributed by atoms with van der Waals surface area (Å²) in [6.07, 6.45) is 3.72. The van der Waals surface area contributed by atoms with Gasteiger partial charge in [0.05, 0.1) is 11.1 Å². The van der Waals surface area contributed by atoms with E-state index in [0.29, 0.717) is 23.7 Å². The number of amides is 4. The highest BCUT2D eigenvalue weighted by Crippen LogP contribution is 2.43. The molecular weight excluding hydrogens is 360 g/mol. The lowest BCUT2D eigenvalue weighted by atomic mass is 10.0. The van der Waals surface area contributed by atoms with Crippen molar-refractivity contribution in [2.24, 2.45) is 0 Å². The van der Waals surface area contributed by atoms with Crippen LogP contribution in [0.1, 0.15) is 58.4 Å². The van der Waals surface area contributed by atoms with Crippen LogP contribution in [-0.4, -0.2) is 52.7 Å². The summed E-state index contributed by atoms with van der Waals surface area (Å²) in [5, 5.41) is 9.34. The first-order valence-electron chi connectivity index (χ1n) is 9.81. The molecule has 1 aliphatic carbocycles. The molecule has 1 aromatic rings. The van der Waals surface area contributed by atoms with Crippen molar-refractivity contribution >= 4 is 23.6 Å². The highest BCUT2D eigenvalue weighted by molar-refractivity contribution is 6.23. The van der Waals surface area contributed by atoms with Crippen LogP contribution in [0.4, 0.5) is 0 Å². The van der Waals surface area contributed by atoms with E-state index >= 15 is 0 Å². The van der Waals surface area contributed by atoms with E-state index < -0.39 is 23.8 Å². The molecule has 1 unspecified atom stereocenters. The van der Waals surface area contributed by atoms with Crippen molar-refractivity contribution in [3.8, 4) is 0 Å². The highest BCUT2D eigenvalue weighted by atomic mass is 16.2. The molecule has 28 heavy (non-hydrogen) atoms. The second kappa shape index (κ2) is 6.22. The number of hydrogen-bond acceptors (Lipinski definition) is 6. The van der Waals surface area contributed by atoms with Crippen LogP contribution >= 0.6 is 0 Å². The number of rotatable bonds is 4. The molecule has 3 fully saturated rings. The molecule has 1 saturated carbocycles. The highest BCUT2D eigenvalue weighted by Gasteiger charge is 2.54. The molecule has 5 rings (SSSR count). The Morgan fingerprint density at radius 3 is 2.75 bits per heavy atom. The minimum Gasteiger partial charge on any atom is -0.312 e. The number of imide groups is 2. The third kappa shape index (κ3) is 2.67. The van der Waals surface area contributed by atoms with Crippen LogP contribution in [0.25, 0.3) is 0 Å². The average Bonchev–Trinajstić information content (AvgIpc) is 3.37. The Hall–Kier alpha value is -2.58. The number of nitrogens with zero attached hydrogens (tertiary/aromatic N) is 1. The van der Waals surface area contributed by atoms with E-state index in [1.807, 2.05) is 6.07 Å². The summed E-state index contributed by atoms with van der Waals surface area (Å²) in [7, 11) is 0. The molecule has 146 valence electrons. The lowest BCUT2D eigenvalue weighted by molar-refractivity contribution is -0.136. The Labute approximate surface area is 162 Å². The van der Waals surface area contributed by atoms with Crippen LogP contribution < -0.4 is 16.0 Å². The SMILES string of the molecule is O=C1CCC(N2C(=O)c3ccc(CN[C@@]45CCCN[C@@H]4C5)cc3C2=O)C(=O)N1. The maximum absolute atomic E-state index is 12.9. The standard InChI is InChI=1S/C20H22N4O4/c25-16-5-4-14(17(26)23-16)24-18(27)12-3-2-11(8-13(12)19(24)28)10-22-20-6-1-7-21-15(20)9-20/h2-3,8,14-15,21-22H,1,4-7,9-10H2,(H,23,25,26)/t14?,15-,20-/m1/s1. The lowest BCUT2D eigenvalue weighted by Gasteiger charge is -2.27. The molecule has 0 bridgehead atoms. The van der Waals surface area contributed by atoms with Gasteiger partial charge in [0.25, 0.3) is 11.8 Å². The number of carbonyl (C=O) groups excluding carboxylic acids is 4. The first-order valence-corrected chi connectivity index (χ1v) is 9.81. The van der Waals surface area contributed by atoms with E-state index in [1.54, 1.807) is 12.1 Å². The van der Waals surface area contributed by atoms with Crippen molar-refractivity contribution in [1.82, 2.24) is 20.9 Å². The van der Waals surface area contributed by atoms with Crippen molar-refractivity contribution in [2.45, 2.75) is 56.3 Å². The van der Waals surface area contributed by atoms with Gasteiger partial charge in [0.1, 0.15) is 6.04 Å². The fourth-order valence-electron chi connectivity index (χ4n) is 4.72. The normalized spacial score (nSPS) is 31.5. The van der Waals surface area contributed by atoms with Crippen molar-refractivity contribution in [3.05, 3.63) is 34.9 Å². The minimum atomic E-state index is -0.925. The smallest absolute Gasteiger partial charge is 0.262 e. The second-order valence-electron chi connectivity index (χ2n) is 8.15. The topological polar surface area (TPSA) is 108 Å². The molecular formula is C20H22N4O4. The zero-order valence-electron chi connectivity index (χ0n) is 15.4. The third-order valence-electron chi connectivity index (χ3n) is 6.41. The number of piperidine rings is 2. The first kappa shape index (κ1) is 17.5.